The lowest BCUT2D eigenvalue weighted by Gasteiger charge is -2.27. The number of ether oxygens (including phenoxy) is 2. The van der Waals surface area contributed by atoms with Gasteiger partial charge < -0.3 is 20.5 Å². The Morgan fingerprint density at radius 2 is 2.35 bits per heavy atom. The van der Waals surface area contributed by atoms with E-state index in [-0.39, 0.29) is 5.97 Å². The maximum atomic E-state index is 11.3. The molecule has 0 aromatic heterocycles. The van der Waals surface area contributed by atoms with Crippen LogP contribution in [0.3, 0.4) is 0 Å². The molecule has 3 N–H and O–H groups in total. The number of carbonyl (C=O) groups excluding carboxylic acids is 1. The van der Waals surface area contributed by atoms with Crippen molar-refractivity contribution in [2.24, 2.45) is 0 Å². The Kier molecular flexibility index (Phi) is 5.24. The monoisotopic (exact) mass is 278 g/mol. The molecule has 1 heterocycles. The molecule has 1 aromatic carbocycles. The van der Waals surface area contributed by atoms with Crippen molar-refractivity contribution in [2.75, 3.05) is 30.8 Å². The van der Waals surface area contributed by atoms with Crippen molar-refractivity contribution < 1.29 is 14.3 Å². The third-order valence-corrected chi connectivity index (χ3v) is 3.35. The lowest BCUT2D eigenvalue weighted by atomic mass is 10.1. The van der Waals surface area contributed by atoms with Crippen LogP contribution in [0, 0.1) is 0 Å². The van der Waals surface area contributed by atoms with E-state index in [9.17, 15) is 4.79 Å². The SMILES string of the molecule is CCOC(=O)CCc1ccc(NC[C@@H]2CCO2)c(N)c1. The molecule has 1 aromatic rings. The molecule has 1 aliphatic heterocycles. The third-order valence-electron chi connectivity index (χ3n) is 3.35. The smallest absolute Gasteiger partial charge is 0.306 e. The molecule has 20 heavy (non-hydrogen) atoms. The Bertz CT molecular complexity index is 458. The zero-order valence-electron chi connectivity index (χ0n) is 11.9. The van der Waals surface area contributed by atoms with Gasteiger partial charge in [0.15, 0.2) is 0 Å². The fourth-order valence-corrected chi connectivity index (χ4v) is 2.08. The first kappa shape index (κ1) is 14.7. The van der Waals surface area contributed by atoms with Gasteiger partial charge in [0.25, 0.3) is 0 Å². The van der Waals surface area contributed by atoms with Crippen LogP contribution in [0.25, 0.3) is 0 Å². The molecule has 1 saturated heterocycles. The maximum Gasteiger partial charge on any atom is 0.306 e. The minimum Gasteiger partial charge on any atom is -0.466 e. The van der Waals surface area contributed by atoms with Gasteiger partial charge in [-0.2, -0.15) is 0 Å². The molecular weight excluding hydrogens is 256 g/mol. The minimum absolute atomic E-state index is 0.171. The first-order chi connectivity index (χ1) is 9.69. The van der Waals surface area contributed by atoms with Crippen molar-refractivity contribution >= 4 is 17.3 Å². The first-order valence-electron chi connectivity index (χ1n) is 7.08. The lowest BCUT2D eigenvalue weighted by molar-refractivity contribution is -0.143. The number of nitrogens with two attached hydrogens (primary N) is 1. The number of hydrogen-bond donors (Lipinski definition) is 2. The Morgan fingerprint density at radius 1 is 1.55 bits per heavy atom. The number of hydrogen-bond acceptors (Lipinski definition) is 5. The summed E-state index contributed by atoms with van der Waals surface area (Å²) in [7, 11) is 0. The van der Waals surface area contributed by atoms with Crippen LogP contribution in [0.2, 0.25) is 0 Å². The van der Waals surface area contributed by atoms with Crippen LogP contribution in [0.15, 0.2) is 18.2 Å². The highest BCUT2D eigenvalue weighted by Crippen LogP contribution is 2.22. The van der Waals surface area contributed by atoms with Crippen LogP contribution < -0.4 is 11.1 Å². The number of rotatable bonds is 7. The van der Waals surface area contributed by atoms with Gasteiger partial charge in [0.05, 0.1) is 24.1 Å². The molecule has 0 bridgehead atoms. The number of nitrogens with one attached hydrogen (secondary N) is 1. The summed E-state index contributed by atoms with van der Waals surface area (Å²) in [6, 6.07) is 5.84. The predicted molar refractivity (Wildman–Crippen MR) is 78.7 cm³/mol. The van der Waals surface area contributed by atoms with Crippen molar-refractivity contribution in [3.63, 3.8) is 0 Å². The van der Waals surface area contributed by atoms with E-state index in [1.807, 2.05) is 25.1 Å². The van der Waals surface area contributed by atoms with E-state index < -0.39 is 0 Å². The van der Waals surface area contributed by atoms with Gasteiger partial charge in [-0.15, -0.1) is 0 Å². The van der Waals surface area contributed by atoms with Gasteiger partial charge in [-0.3, -0.25) is 4.79 Å². The Hall–Kier alpha value is -1.75. The average Bonchev–Trinajstić information content (AvgIpc) is 2.37. The number of anilines is 2. The molecule has 0 saturated carbocycles. The zero-order chi connectivity index (χ0) is 14.4. The molecular formula is C15H22N2O3. The van der Waals surface area contributed by atoms with E-state index in [1.165, 1.54) is 0 Å². The van der Waals surface area contributed by atoms with Gasteiger partial charge >= 0.3 is 5.97 Å². The third kappa shape index (κ3) is 4.13. The van der Waals surface area contributed by atoms with Crippen molar-refractivity contribution in [1.29, 1.82) is 0 Å². The summed E-state index contributed by atoms with van der Waals surface area (Å²) in [5.41, 5.74) is 8.67. The number of nitrogen functional groups attached to an aromatic ring is 1. The van der Waals surface area contributed by atoms with Crippen LogP contribution >= 0.6 is 0 Å². The summed E-state index contributed by atoms with van der Waals surface area (Å²) < 4.78 is 10.3. The van der Waals surface area contributed by atoms with Gasteiger partial charge in [-0.1, -0.05) is 6.07 Å². The van der Waals surface area contributed by atoms with Crippen molar-refractivity contribution in [3.8, 4) is 0 Å². The predicted octanol–water partition coefficient (Wildman–Crippen LogP) is 1.97. The second-order valence-electron chi connectivity index (χ2n) is 4.89. The van der Waals surface area contributed by atoms with E-state index in [0.29, 0.717) is 31.2 Å². The van der Waals surface area contributed by atoms with Crippen LogP contribution in [0.4, 0.5) is 11.4 Å². The highest BCUT2D eigenvalue weighted by molar-refractivity contribution is 5.70. The topological polar surface area (TPSA) is 73.6 Å². The van der Waals surface area contributed by atoms with E-state index >= 15 is 0 Å². The lowest BCUT2D eigenvalue weighted by Crippen LogP contribution is -2.33. The molecule has 110 valence electrons. The van der Waals surface area contributed by atoms with Gasteiger partial charge in [-0.25, -0.2) is 0 Å². The van der Waals surface area contributed by atoms with E-state index in [4.69, 9.17) is 15.2 Å². The molecule has 2 rings (SSSR count). The molecule has 0 spiro atoms. The Balaban J connectivity index is 1.83. The number of carbonyl (C=O) groups is 1. The Morgan fingerprint density at radius 3 is 2.95 bits per heavy atom. The maximum absolute atomic E-state index is 11.3. The number of aryl methyl sites for hydroxylation is 1. The largest absolute Gasteiger partial charge is 0.466 e. The molecule has 0 radical (unpaired) electrons. The normalized spacial score (nSPS) is 17.4. The summed E-state index contributed by atoms with van der Waals surface area (Å²) in [4.78, 5) is 11.3. The summed E-state index contributed by atoms with van der Waals surface area (Å²) in [5, 5.41) is 3.29. The molecule has 0 amide bonds. The van der Waals surface area contributed by atoms with Crippen molar-refractivity contribution in [2.45, 2.75) is 32.3 Å². The molecule has 1 atom stereocenters. The van der Waals surface area contributed by atoms with E-state index in [2.05, 4.69) is 5.32 Å². The zero-order valence-corrected chi connectivity index (χ0v) is 11.9. The minimum atomic E-state index is -0.171. The second-order valence-corrected chi connectivity index (χ2v) is 4.89. The summed E-state index contributed by atoms with van der Waals surface area (Å²) >= 11 is 0. The summed E-state index contributed by atoms with van der Waals surface area (Å²) in [5.74, 6) is -0.171. The van der Waals surface area contributed by atoms with Crippen molar-refractivity contribution in [3.05, 3.63) is 23.8 Å². The molecule has 0 unspecified atom stereocenters. The van der Waals surface area contributed by atoms with Gasteiger partial charge in [0.2, 0.25) is 0 Å². The van der Waals surface area contributed by atoms with Gasteiger partial charge in [0.1, 0.15) is 0 Å². The van der Waals surface area contributed by atoms with Crippen LogP contribution in [0.1, 0.15) is 25.3 Å². The Labute approximate surface area is 119 Å². The van der Waals surface area contributed by atoms with Crippen molar-refractivity contribution in [1.82, 2.24) is 0 Å². The van der Waals surface area contributed by atoms with Gasteiger partial charge in [-0.05, 0) is 37.5 Å². The standard InChI is InChI=1S/C15H22N2O3/c1-2-19-15(18)6-4-11-3-5-14(13(16)9-11)17-10-12-7-8-20-12/h3,5,9,12,17H,2,4,6-8,10,16H2,1H3/t12-/m0/s1. The first-order valence-corrected chi connectivity index (χ1v) is 7.08. The average molecular weight is 278 g/mol. The molecule has 0 aliphatic carbocycles. The molecule has 5 heteroatoms. The van der Waals surface area contributed by atoms with Crippen LogP contribution in [-0.2, 0) is 20.7 Å². The number of esters is 1. The number of benzene rings is 1. The highest BCUT2D eigenvalue weighted by atomic mass is 16.5. The molecule has 1 aliphatic rings. The van der Waals surface area contributed by atoms with Crippen LogP contribution in [0.5, 0.6) is 0 Å². The van der Waals surface area contributed by atoms with E-state index in [0.717, 1.165) is 30.8 Å². The quantitative estimate of drug-likeness (QED) is 0.589. The molecule has 1 fully saturated rings. The second kappa shape index (κ2) is 7.14. The molecule has 5 nitrogen and oxygen atoms in total. The summed E-state index contributed by atoms with van der Waals surface area (Å²) in [6.45, 7) is 3.87. The van der Waals surface area contributed by atoms with E-state index in [1.54, 1.807) is 0 Å². The van der Waals surface area contributed by atoms with Crippen LogP contribution in [-0.4, -0.2) is 31.8 Å². The summed E-state index contributed by atoms with van der Waals surface area (Å²) in [6.07, 6.45) is 2.44. The highest BCUT2D eigenvalue weighted by Gasteiger charge is 2.17. The fraction of sp³-hybridized carbons (Fsp3) is 0.533. The fourth-order valence-electron chi connectivity index (χ4n) is 2.08. The van der Waals surface area contributed by atoms with Gasteiger partial charge in [0, 0.05) is 19.6 Å².